The van der Waals surface area contributed by atoms with Gasteiger partial charge in [-0.3, -0.25) is 4.79 Å². The fourth-order valence-electron chi connectivity index (χ4n) is 5.60. The van der Waals surface area contributed by atoms with Crippen LogP contribution in [0.5, 0.6) is 0 Å². The van der Waals surface area contributed by atoms with Crippen LogP contribution in [0.4, 0.5) is 10.2 Å². The van der Waals surface area contributed by atoms with Gasteiger partial charge < -0.3 is 19.6 Å². The van der Waals surface area contributed by atoms with E-state index < -0.39 is 5.82 Å². The average molecular weight is 512 g/mol. The number of aromatic nitrogens is 6. The normalized spacial score (nSPS) is 23.2. The lowest BCUT2D eigenvalue weighted by atomic mass is 9.61. The first-order chi connectivity index (χ1) is 17.5. The summed E-state index contributed by atoms with van der Waals surface area (Å²) in [5.41, 5.74) is 1.38. The molecule has 3 fully saturated rings. The minimum atomic E-state index is -0.691. The Hall–Kier alpha value is -3.60. The largest absolute Gasteiger partial charge is 0.466 e. The maximum Gasteiger partial charge on any atom is 0.311 e. The zero-order valence-corrected chi connectivity index (χ0v) is 20.1. The van der Waals surface area contributed by atoms with Gasteiger partial charge >= 0.3 is 5.97 Å². The molecule has 12 heteroatoms. The van der Waals surface area contributed by atoms with Gasteiger partial charge in [0.15, 0.2) is 34.6 Å². The number of anilines is 1. The van der Waals surface area contributed by atoms with Crippen molar-refractivity contribution in [2.75, 3.05) is 11.9 Å². The molecule has 0 saturated heterocycles. The van der Waals surface area contributed by atoms with Gasteiger partial charge in [-0.15, -0.1) is 0 Å². The van der Waals surface area contributed by atoms with E-state index in [0.717, 1.165) is 25.7 Å². The first-order valence-corrected chi connectivity index (χ1v) is 12.3. The van der Waals surface area contributed by atoms with Crippen LogP contribution in [-0.4, -0.2) is 48.7 Å². The Morgan fingerprint density at radius 3 is 2.81 bits per heavy atom. The second-order valence-corrected chi connectivity index (χ2v) is 9.54. The van der Waals surface area contributed by atoms with E-state index in [1.807, 2.05) is 0 Å². The van der Waals surface area contributed by atoms with Crippen LogP contribution in [-0.2, 0) is 9.53 Å². The lowest BCUT2D eigenvalue weighted by Gasteiger charge is -2.47. The van der Waals surface area contributed by atoms with E-state index in [1.165, 1.54) is 18.5 Å². The Labute approximate surface area is 210 Å². The van der Waals surface area contributed by atoms with Crippen LogP contribution in [0.3, 0.4) is 0 Å². The monoisotopic (exact) mass is 511 g/mol. The van der Waals surface area contributed by atoms with E-state index in [9.17, 15) is 4.79 Å². The van der Waals surface area contributed by atoms with Crippen molar-refractivity contribution >= 4 is 34.6 Å². The van der Waals surface area contributed by atoms with E-state index in [2.05, 4.69) is 35.4 Å². The molecule has 36 heavy (non-hydrogen) atoms. The Morgan fingerprint density at radius 1 is 1.25 bits per heavy atom. The van der Waals surface area contributed by atoms with Gasteiger partial charge in [-0.2, -0.15) is 0 Å². The van der Waals surface area contributed by atoms with E-state index in [4.69, 9.17) is 20.9 Å². The third-order valence-electron chi connectivity index (χ3n) is 7.20. The number of rotatable bonds is 6. The van der Waals surface area contributed by atoms with Crippen molar-refractivity contribution in [3.8, 4) is 22.8 Å². The number of carbonyl (C=O) groups is 1. The summed E-state index contributed by atoms with van der Waals surface area (Å²) in [6.45, 7) is 2.09. The van der Waals surface area contributed by atoms with Gasteiger partial charge in [0.2, 0.25) is 0 Å². The van der Waals surface area contributed by atoms with E-state index in [0.29, 0.717) is 23.3 Å². The highest BCUT2D eigenvalue weighted by Gasteiger charge is 2.48. The molecular formula is C24H23ClFN7O3. The van der Waals surface area contributed by atoms with Crippen LogP contribution in [0.25, 0.3) is 34.0 Å². The fourth-order valence-corrected chi connectivity index (χ4v) is 5.73. The standard InChI is InChI=1S/C24H23ClFN7O3/c1-2-35-24(34)16-11-3-5-12(6-4-11)18(16)31-22-17(26)20(14-7-8-29-36-14)32-21(33-22)13-9-27-23-19(13)30-15(25)10-28-23/h7-12,16,18H,2-6H2,1H3,(H,27,28)(H,31,32,33)/t11?,12?,16-,18-/m0/s1. The summed E-state index contributed by atoms with van der Waals surface area (Å²) in [6, 6.07) is 1.21. The maximum atomic E-state index is 15.9. The van der Waals surface area contributed by atoms with Crippen LogP contribution in [0.1, 0.15) is 32.6 Å². The highest BCUT2D eigenvalue weighted by molar-refractivity contribution is 6.29. The first-order valence-electron chi connectivity index (χ1n) is 11.9. The zero-order chi connectivity index (χ0) is 24.8. The topological polar surface area (TPSA) is 132 Å². The van der Waals surface area contributed by atoms with Crippen molar-refractivity contribution in [2.45, 2.75) is 38.6 Å². The number of nitrogens with one attached hydrogen (secondary N) is 2. The minimum Gasteiger partial charge on any atom is -0.466 e. The molecule has 2 N–H and O–H groups in total. The van der Waals surface area contributed by atoms with E-state index in [1.54, 1.807) is 13.1 Å². The molecule has 0 aliphatic heterocycles. The van der Waals surface area contributed by atoms with Crippen molar-refractivity contribution < 1.29 is 18.4 Å². The molecule has 10 nitrogen and oxygen atoms in total. The Balaban J connectivity index is 1.46. The second kappa shape index (κ2) is 9.12. The zero-order valence-electron chi connectivity index (χ0n) is 19.4. The summed E-state index contributed by atoms with van der Waals surface area (Å²) in [7, 11) is 0. The van der Waals surface area contributed by atoms with Gasteiger partial charge in [0, 0.05) is 18.3 Å². The number of halogens is 2. The number of hydrogen-bond acceptors (Lipinski definition) is 9. The van der Waals surface area contributed by atoms with E-state index in [-0.39, 0.29) is 58.0 Å². The molecule has 3 aliphatic rings. The molecule has 0 unspecified atom stereocenters. The van der Waals surface area contributed by atoms with Crippen molar-refractivity contribution in [1.29, 1.82) is 0 Å². The van der Waals surface area contributed by atoms with Crippen LogP contribution >= 0.6 is 11.6 Å². The Bertz CT molecular complexity index is 1420. The average Bonchev–Trinajstić information content (AvgIpc) is 3.56. The maximum absolute atomic E-state index is 15.9. The Kier molecular flexibility index (Phi) is 5.79. The molecule has 4 aromatic rings. The fraction of sp³-hybridized carbons (Fsp3) is 0.417. The van der Waals surface area contributed by atoms with Crippen LogP contribution in [0, 0.1) is 23.6 Å². The SMILES string of the molecule is CCOC(=O)[C@H]1C2CCC(CC2)[C@@H]1Nc1nc(-c2c[nH]c3ncc(Cl)nc23)nc(-c2ccno2)c1F. The molecule has 186 valence electrons. The number of carbonyl (C=O) groups excluding carboxylic acids is 1. The molecule has 0 spiro atoms. The molecule has 0 aromatic carbocycles. The summed E-state index contributed by atoms with van der Waals surface area (Å²) in [4.78, 5) is 33.5. The van der Waals surface area contributed by atoms with Crippen molar-refractivity contribution in [1.82, 2.24) is 30.1 Å². The summed E-state index contributed by atoms with van der Waals surface area (Å²) in [5, 5.41) is 7.17. The molecule has 2 atom stereocenters. The molecule has 4 aromatic heterocycles. The minimum absolute atomic E-state index is 0.0254. The van der Waals surface area contributed by atoms with Crippen molar-refractivity contribution in [3.05, 3.63) is 35.6 Å². The van der Waals surface area contributed by atoms with Gasteiger partial charge in [0.1, 0.15) is 10.7 Å². The predicted molar refractivity (Wildman–Crippen MR) is 128 cm³/mol. The summed E-state index contributed by atoms with van der Waals surface area (Å²) in [6.07, 6.45) is 8.33. The highest BCUT2D eigenvalue weighted by Crippen LogP contribution is 2.47. The third-order valence-corrected chi connectivity index (χ3v) is 7.38. The van der Waals surface area contributed by atoms with Crippen LogP contribution in [0.15, 0.2) is 29.2 Å². The number of fused-ring (bicyclic) bond motifs is 4. The van der Waals surface area contributed by atoms with Gasteiger partial charge in [0.05, 0.1) is 30.5 Å². The molecule has 0 radical (unpaired) electrons. The molecule has 3 aliphatic carbocycles. The summed E-state index contributed by atoms with van der Waals surface area (Å²) < 4.78 is 26.5. The highest BCUT2D eigenvalue weighted by atomic mass is 35.5. The van der Waals surface area contributed by atoms with Gasteiger partial charge in [-0.25, -0.2) is 24.3 Å². The van der Waals surface area contributed by atoms with Crippen LogP contribution in [0.2, 0.25) is 5.15 Å². The van der Waals surface area contributed by atoms with Gasteiger partial charge in [0.25, 0.3) is 0 Å². The second-order valence-electron chi connectivity index (χ2n) is 9.15. The smallest absolute Gasteiger partial charge is 0.311 e. The number of H-pyrrole nitrogens is 1. The molecule has 0 amide bonds. The quantitative estimate of drug-likeness (QED) is 0.355. The van der Waals surface area contributed by atoms with E-state index >= 15 is 4.39 Å². The number of nitrogens with zero attached hydrogens (tertiary/aromatic N) is 5. The lowest BCUT2D eigenvalue weighted by molar-refractivity contribution is -0.154. The Morgan fingerprint density at radius 2 is 2.06 bits per heavy atom. The van der Waals surface area contributed by atoms with Crippen molar-refractivity contribution in [3.63, 3.8) is 0 Å². The van der Waals surface area contributed by atoms with Crippen LogP contribution < -0.4 is 5.32 Å². The summed E-state index contributed by atoms with van der Waals surface area (Å²) >= 11 is 6.07. The molecule has 4 heterocycles. The first kappa shape index (κ1) is 22.8. The van der Waals surface area contributed by atoms with Gasteiger partial charge in [-0.05, 0) is 44.4 Å². The lowest BCUT2D eigenvalue weighted by Crippen LogP contribution is -2.52. The summed E-state index contributed by atoms with van der Waals surface area (Å²) in [5.74, 6) is -0.606. The number of aromatic amines is 1. The third kappa shape index (κ3) is 3.87. The molecule has 3 saturated carbocycles. The molecule has 7 rings (SSSR count). The number of esters is 1. The molecule has 2 bridgehead atoms. The number of hydrogen-bond donors (Lipinski definition) is 2. The predicted octanol–water partition coefficient (Wildman–Crippen LogP) is 4.64. The van der Waals surface area contributed by atoms with Crippen molar-refractivity contribution in [2.24, 2.45) is 17.8 Å². The number of ether oxygens (including phenoxy) is 1. The van der Waals surface area contributed by atoms with Gasteiger partial charge in [-0.1, -0.05) is 16.8 Å². The molecular weight excluding hydrogens is 489 g/mol.